The van der Waals surface area contributed by atoms with Crippen LogP contribution in [0, 0.1) is 0 Å². The van der Waals surface area contributed by atoms with E-state index in [1.165, 1.54) is 0 Å². The molecule has 0 saturated carbocycles. The van der Waals surface area contributed by atoms with E-state index in [4.69, 9.17) is 9.47 Å². The van der Waals surface area contributed by atoms with E-state index in [0.717, 1.165) is 26.1 Å². The van der Waals surface area contributed by atoms with E-state index in [-0.39, 0.29) is 0 Å². The summed E-state index contributed by atoms with van der Waals surface area (Å²) in [6.07, 6.45) is 2.14. The molecule has 0 fully saturated rings. The van der Waals surface area contributed by atoms with Crippen LogP contribution in [0.15, 0.2) is 0 Å². The highest BCUT2D eigenvalue weighted by Crippen LogP contribution is 1.93. The highest BCUT2D eigenvalue weighted by molar-refractivity contribution is 9.09. The quantitative estimate of drug-likeness (QED) is 0.525. The number of ether oxygens (including phenoxy) is 2. The minimum atomic E-state index is 0.631. The Hall–Kier alpha value is 0.880. The van der Waals surface area contributed by atoms with Gasteiger partial charge in [0.15, 0.2) is 0 Å². The minimum Gasteiger partial charge on any atom is -0.370 e. The van der Waals surface area contributed by atoms with E-state index in [0.29, 0.717) is 11.0 Å². The maximum atomic E-state index is 5.06. The molecule has 0 aliphatic rings. The predicted molar refractivity (Wildman–Crippen MR) is 48.7 cm³/mol. The molecule has 0 rings (SSSR count). The van der Waals surface area contributed by atoms with Crippen LogP contribution in [-0.4, -0.2) is 24.2 Å². The van der Waals surface area contributed by atoms with E-state index in [1.807, 2.05) is 0 Å². The fourth-order valence-electron chi connectivity index (χ4n) is 0.517. The van der Waals surface area contributed by atoms with Gasteiger partial charge in [0.2, 0.25) is 0 Å². The van der Waals surface area contributed by atoms with Gasteiger partial charge in [-0.15, -0.1) is 0 Å². The monoisotopic (exact) mass is 274 g/mol. The topological polar surface area (TPSA) is 18.5 Å². The van der Waals surface area contributed by atoms with Gasteiger partial charge in [0.25, 0.3) is 0 Å². The maximum absolute atomic E-state index is 5.06. The Morgan fingerprint density at radius 3 is 1.50 bits per heavy atom. The molecule has 62 valence electrons. The van der Waals surface area contributed by atoms with Crippen LogP contribution in [0.25, 0.3) is 0 Å². The molecule has 0 N–H and O–H groups in total. The van der Waals surface area contributed by atoms with Crippen LogP contribution in [0.2, 0.25) is 0 Å². The largest absolute Gasteiger partial charge is 0.370 e. The molecule has 0 heterocycles. The number of hydrogen-bond acceptors (Lipinski definition) is 2. The first-order valence-electron chi connectivity index (χ1n) is 3.19. The third-order valence-electron chi connectivity index (χ3n) is 0.982. The molecule has 0 amide bonds. The molecule has 0 aromatic heterocycles. The summed E-state index contributed by atoms with van der Waals surface area (Å²) in [7, 11) is 0. The van der Waals surface area contributed by atoms with Gasteiger partial charge in [-0.3, -0.25) is 0 Å². The molecule has 0 atom stereocenters. The normalized spacial score (nSPS) is 10.2. The lowest BCUT2D eigenvalue weighted by atomic mass is 10.3. The molecule has 0 spiro atoms. The third kappa shape index (κ3) is 8.88. The lowest BCUT2D eigenvalue weighted by Crippen LogP contribution is -1.96. The van der Waals surface area contributed by atoms with Crippen molar-refractivity contribution in [3.63, 3.8) is 0 Å². The predicted octanol–water partition coefficient (Wildman–Crippen LogP) is 2.50. The van der Waals surface area contributed by atoms with E-state index < -0.39 is 0 Å². The van der Waals surface area contributed by atoms with Gasteiger partial charge in [-0.1, -0.05) is 31.9 Å². The van der Waals surface area contributed by atoms with Gasteiger partial charge >= 0.3 is 0 Å². The molecule has 0 unspecified atom stereocenters. The Morgan fingerprint density at radius 1 is 0.800 bits per heavy atom. The summed E-state index contributed by atoms with van der Waals surface area (Å²) in [5.41, 5.74) is 1.26. The van der Waals surface area contributed by atoms with E-state index >= 15 is 0 Å². The lowest BCUT2D eigenvalue weighted by Gasteiger charge is -1.99. The van der Waals surface area contributed by atoms with Crippen molar-refractivity contribution in [3.05, 3.63) is 0 Å². The third-order valence-corrected chi connectivity index (χ3v) is 1.63. The summed E-state index contributed by atoms with van der Waals surface area (Å²) in [6, 6.07) is 0. The van der Waals surface area contributed by atoms with Crippen LogP contribution in [-0.2, 0) is 9.47 Å². The molecule has 4 heteroatoms. The zero-order valence-electron chi connectivity index (χ0n) is 5.82. The van der Waals surface area contributed by atoms with Crippen molar-refractivity contribution < 1.29 is 9.47 Å². The SMILES string of the molecule is BrCOCCCCOCBr. The highest BCUT2D eigenvalue weighted by Gasteiger charge is 1.87. The average molecular weight is 276 g/mol. The van der Waals surface area contributed by atoms with E-state index in [1.54, 1.807) is 0 Å². The van der Waals surface area contributed by atoms with E-state index in [9.17, 15) is 0 Å². The number of unbranched alkanes of at least 4 members (excludes halogenated alkanes) is 1. The van der Waals surface area contributed by atoms with Crippen LogP contribution in [0.1, 0.15) is 12.8 Å². The fraction of sp³-hybridized carbons (Fsp3) is 1.00. The van der Waals surface area contributed by atoms with Gasteiger partial charge in [0, 0.05) is 13.2 Å². The number of hydrogen-bond donors (Lipinski definition) is 0. The first-order valence-corrected chi connectivity index (χ1v) is 5.43. The van der Waals surface area contributed by atoms with Crippen molar-refractivity contribution >= 4 is 31.9 Å². The van der Waals surface area contributed by atoms with Crippen LogP contribution in [0.5, 0.6) is 0 Å². The van der Waals surface area contributed by atoms with E-state index in [2.05, 4.69) is 31.9 Å². The van der Waals surface area contributed by atoms with Crippen LogP contribution in [0.3, 0.4) is 0 Å². The zero-order valence-corrected chi connectivity index (χ0v) is 8.99. The molecule has 0 saturated heterocycles. The summed E-state index contributed by atoms with van der Waals surface area (Å²) >= 11 is 6.34. The first kappa shape index (κ1) is 10.9. The standard InChI is InChI=1S/C6H12Br2O2/c7-5-9-3-1-2-4-10-6-8/h1-6H2. The minimum absolute atomic E-state index is 0.631. The molecule has 0 aliphatic carbocycles. The van der Waals surface area contributed by atoms with Gasteiger partial charge in [0.1, 0.15) is 11.0 Å². The second-order valence-electron chi connectivity index (χ2n) is 1.74. The number of halogens is 2. The summed E-state index contributed by atoms with van der Waals surface area (Å²) in [6.45, 7) is 1.63. The van der Waals surface area contributed by atoms with Crippen LogP contribution < -0.4 is 0 Å². The number of alkyl halides is 2. The Labute approximate surface area is 78.5 Å². The molecule has 0 radical (unpaired) electrons. The average Bonchev–Trinajstić information content (AvgIpc) is 1.97. The summed E-state index contributed by atoms with van der Waals surface area (Å²) in [5.74, 6) is 0. The molecule has 0 aliphatic heterocycles. The molecule has 0 aromatic rings. The molecule has 0 aromatic carbocycles. The van der Waals surface area contributed by atoms with Gasteiger partial charge in [0.05, 0.1) is 0 Å². The van der Waals surface area contributed by atoms with Crippen LogP contribution in [0.4, 0.5) is 0 Å². The van der Waals surface area contributed by atoms with Gasteiger partial charge in [-0.25, -0.2) is 0 Å². The second kappa shape index (κ2) is 9.88. The Morgan fingerprint density at radius 2 is 1.20 bits per heavy atom. The number of rotatable bonds is 7. The Balaban J connectivity index is 2.65. The van der Waals surface area contributed by atoms with Crippen molar-refractivity contribution in [2.75, 3.05) is 24.2 Å². The summed E-state index contributed by atoms with van der Waals surface area (Å²) < 4.78 is 10.1. The van der Waals surface area contributed by atoms with Crippen molar-refractivity contribution in [1.29, 1.82) is 0 Å². The van der Waals surface area contributed by atoms with Crippen molar-refractivity contribution in [3.8, 4) is 0 Å². The summed E-state index contributed by atoms with van der Waals surface area (Å²) in [4.78, 5) is 0. The fourth-order valence-corrected chi connectivity index (χ4v) is 0.975. The van der Waals surface area contributed by atoms with Gasteiger partial charge < -0.3 is 9.47 Å². The van der Waals surface area contributed by atoms with Crippen molar-refractivity contribution in [2.24, 2.45) is 0 Å². The Bertz CT molecular complexity index is 53.7. The van der Waals surface area contributed by atoms with Gasteiger partial charge in [-0.05, 0) is 12.8 Å². The highest BCUT2D eigenvalue weighted by atomic mass is 79.9. The molecular weight excluding hydrogens is 264 g/mol. The van der Waals surface area contributed by atoms with Crippen molar-refractivity contribution in [2.45, 2.75) is 12.8 Å². The smallest absolute Gasteiger partial charge is 0.101 e. The lowest BCUT2D eigenvalue weighted by molar-refractivity contribution is 0.149. The van der Waals surface area contributed by atoms with Gasteiger partial charge in [-0.2, -0.15) is 0 Å². The maximum Gasteiger partial charge on any atom is 0.101 e. The zero-order chi connectivity index (χ0) is 7.66. The first-order chi connectivity index (χ1) is 4.91. The molecular formula is C6H12Br2O2. The van der Waals surface area contributed by atoms with Crippen LogP contribution >= 0.6 is 31.9 Å². The second-order valence-corrected chi connectivity index (χ2v) is 2.66. The molecule has 2 nitrogen and oxygen atoms in total. The summed E-state index contributed by atoms with van der Waals surface area (Å²) in [5, 5.41) is 0. The Kier molecular flexibility index (Phi) is 10.7. The molecule has 10 heavy (non-hydrogen) atoms. The van der Waals surface area contributed by atoms with Crippen molar-refractivity contribution in [1.82, 2.24) is 0 Å². The molecule has 0 bridgehead atoms.